The van der Waals surface area contributed by atoms with Crippen LogP contribution in [0, 0.1) is 0 Å². The standard InChI is InChI=1S/C4H12BN2/c5-7-3-1-6-2-4-7/h6H,1-4H2,5H3/q-1. The first-order valence-corrected chi connectivity index (χ1v) is 2.34. The smallest absolute Gasteiger partial charge is 0.0147 e. The van der Waals surface area contributed by atoms with Gasteiger partial charge in [0, 0.05) is 21.1 Å². The van der Waals surface area contributed by atoms with Crippen molar-refractivity contribution < 1.29 is 0 Å². The van der Waals surface area contributed by atoms with Gasteiger partial charge in [0.1, 0.15) is 0 Å². The predicted molar refractivity (Wildman–Crippen MR) is 34.4 cm³/mol. The lowest BCUT2D eigenvalue weighted by atomic mass is 10.2. The van der Waals surface area contributed by atoms with Crippen LogP contribution in [0.1, 0.15) is 0 Å². The van der Waals surface area contributed by atoms with Crippen LogP contribution >= 0.6 is 0 Å². The summed E-state index contributed by atoms with van der Waals surface area (Å²) in [5, 5.41) is 3.31. The number of piperazine rings is 1. The fourth-order valence-corrected chi connectivity index (χ4v) is 0.553. The summed E-state index contributed by atoms with van der Waals surface area (Å²) in [4.78, 5) is 2.58. The maximum Gasteiger partial charge on any atom is 0.0147 e. The highest BCUT2D eigenvalue weighted by Gasteiger charge is 1.96. The maximum absolute atomic E-state index is 3.31. The van der Waals surface area contributed by atoms with Crippen molar-refractivity contribution in [1.82, 2.24) is 10.1 Å². The van der Waals surface area contributed by atoms with E-state index >= 15 is 0 Å². The van der Waals surface area contributed by atoms with Crippen LogP contribution in [0.2, 0.25) is 0 Å². The molecule has 0 atom stereocenters. The Balaban J connectivity index is 2.12. The molecule has 1 aliphatic rings. The van der Waals surface area contributed by atoms with Gasteiger partial charge in [-0.1, -0.05) is 0 Å². The van der Waals surface area contributed by atoms with E-state index in [2.05, 4.69) is 10.1 Å². The second-order valence-corrected chi connectivity index (χ2v) is 1.42. The van der Waals surface area contributed by atoms with Crippen molar-refractivity contribution in [2.24, 2.45) is 0 Å². The molecule has 2 nitrogen and oxygen atoms in total. The molecule has 1 aliphatic heterocycles. The molecule has 0 spiro atoms. The highest BCUT2D eigenvalue weighted by molar-refractivity contribution is 6.04. The van der Waals surface area contributed by atoms with E-state index in [1.165, 1.54) is 26.2 Å². The molecule has 0 aliphatic carbocycles. The predicted octanol–water partition coefficient (Wildman–Crippen LogP) is -1.83. The summed E-state index contributed by atoms with van der Waals surface area (Å²) in [6, 6.07) is 0. The van der Waals surface area contributed by atoms with Gasteiger partial charge in [-0.3, -0.25) is 0 Å². The highest BCUT2D eigenvalue weighted by atomic mass is 15.1. The third kappa shape index (κ3) is 1.49. The van der Waals surface area contributed by atoms with E-state index in [0.717, 1.165) is 0 Å². The molecule has 0 aromatic carbocycles. The molecule has 0 aromatic heterocycles. The van der Waals surface area contributed by atoms with Crippen molar-refractivity contribution in [2.45, 2.75) is 0 Å². The molecule has 0 saturated carbocycles. The van der Waals surface area contributed by atoms with E-state index in [0.29, 0.717) is 7.98 Å². The summed E-state index contributed by atoms with van der Waals surface area (Å²) in [6.45, 7) is 5.09. The molecule has 3 heteroatoms. The molecule has 1 saturated heterocycles. The Morgan fingerprint density at radius 3 is 2.14 bits per heavy atom. The lowest BCUT2D eigenvalue weighted by Gasteiger charge is -2.28. The summed E-state index contributed by atoms with van der Waals surface area (Å²) in [5.74, 6) is 0. The average molecular weight is 99.0 g/mol. The second kappa shape index (κ2) is 2.33. The number of rotatable bonds is 0. The minimum Gasteiger partial charge on any atom is -0.482 e. The first-order chi connectivity index (χ1) is 3.39. The summed E-state index contributed by atoms with van der Waals surface area (Å²) in [5.41, 5.74) is 0. The Labute approximate surface area is 45.3 Å². The topological polar surface area (TPSA) is 15.3 Å². The molecule has 0 bridgehead atoms. The van der Waals surface area contributed by atoms with Gasteiger partial charge in [-0.05, 0) is 13.1 Å². The van der Waals surface area contributed by atoms with Gasteiger partial charge in [-0.15, -0.1) is 0 Å². The molecule has 0 radical (unpaired) electrons. The summed E-state index contributed by atoms with van der Waals surface area (Å²) in [6.07, 6.45) is 0. The van der Waals surface area contributed by atoms with Crippen molar-refractivity contribution in [3.05, 3.63) is 0 Å². The Kier molecular flexibility index (Phi) is 1.71. The van der Waals surface area contributed by atoms with Crippen LogP contribution in [0.4, 0.5) is 0 Å². The van der Waals surface area contributed by atoms with E-state index in [4.69, 9.17) is 0 Å². The van der Waals surface area contributed by atoms with Gasteiger partial charge >= 0.3 is 0 Å². The number of nitrogens with one attached hydrogen (secondary N) is 1. The van der Waals surface area contributed by atoms with E-state index in [1.807, 2.05) is 0 Å². The molecule has 42 valence electrons. The SMILES string of the molecule is [BH3-]N1CCNCC1. The van der Waals surface area contributed by atoms with E-state index < -0.39 is 0 Å². The van der Waals surface area contributed by atoms with Crippen molar-refractivity contribution >= 4 is 7.98 Å². The number of nitrogens with zero attached hydrogens (tertiary/aromatic N) is 1. The molecular formula is C4H12BN2-. The van der Waals surface area contributed by atoms with Crippen molar-refractivity contribution in [3.8, 4) is 0 Å². The van der Waals surface area contributed by atoms with Gasteiger partial charge < -0.3 is 10.1 Å². The zero-order valence-corrected chi connectivity index (χ0v) is 3.78. The van der Waals surface area contributed by atoms with Crippen molar-refractivity contribution in [2.75, 3.05) is 26.2 Å². The van der Waals surface area contributed by atoms with Crippen LogP contribution in [0.5, 0.6) is 0 Å². The molecule has 7 heavy (non-hydrogen) atoms. The third-order valence-electron chi connectivity index (χ3n) is 0.893. The maximum atomic E-state index is 3.31. The van der Waals surface area contributed by atoms with E-state index in [9.17, 15) is 0 Å². The van der Waals surface area contributed by atoms with Gasteiger partial charge in [-0.25, -0.2) is 0 Å². The molecular weight excluding hydrogens is 86.9 g/mol. The molecule has 1 heterocycles. The van der Waals surface area contributed by atoms with Crippen molar-refractivity contribution in [3.63, 3.8) is 0 Å². The van der Waals surface area contributed by atoms with Crippen LogP contribution in [0.25, 0.3) is 0 Å². The number of hydrogen-bond donors (Lipinski definition) is 1. The number of hydrogen-bond acceptors (Lipinski definition) is 2. The fourth-order valence-electron chi connectivity index (χ4n) is 0.553. The van der Waals surface area contributed by atoms with E-state index in [-0.39, 0.29) is 0 Å². The first-order valence-electron chi connectivity index (χ1n) is 2.34. The quantitative estimate of drug-likeness (QED) is 0.359. The Hall–Kier alpha value is -0.0151. The van der Waals surface area contributed by atoms with Gasteiger partial charge in [-0.2, -0.15) is 0 Å². The zero-order valence-electron chi connectivity index (χ0n) is 3.78. The van der Waals surface area contributed by atoms with E-state index in [1.54, 1.807) is 0 Å². The molecule has 0 amide bonds. The molecule has 0 unspecified atom stereocenters. The summed E-state index contributed by atoms with van der Waals surface area (Å²) in [7, 11) is 0.516. The van der Waals surface area contributed by atoms with Gasteiger partial charge in [0.05, 0.1) is 0 Å². The lowest BCUT2D eigenvalue weighted by Crippen LogP contribution is -2.41. The Bertz CT molecular complexity index is 51.7. The third-order valence-corrected chi connectivity index (χ3v) is 0.893. The second-order valence-electron chi connectivity index (χ2n) is 1.42. The fraction of sp³-hybridized carbons (Fsp3) is 1.00. The van der Waals surface area contributed by atoms with Crippen LogP contribution < -0.4 is 5.32 Å². The zero-order chi connectivity index (χ0) is 5.11. The molecule has 1 rings (SSSR count). The van der Waals surface area contributed by atoms with Gasteiger partial charge in [0.15, 0.2) is 0 Å². The average Bonchev–Trinajstić information content (AvgIpc) is 1.69. The summed E-state index contributed by atoms with van der Waals surface area (Å²) < 4.78 is 0. The van der Waals surface area contributed by atoms with Gasteiger partial charge in [0.25, 0.3) is 0 Å². The lowest BCUT2D eigenvalue weighted by molar-refractivity contribution is 0.383. The normalized spacial score (nSPS) is 25.3. The van der Waals surface area contributed by atoms with Crippen LogP contribution in [-0.2, 0) is 0 Å². The molecule has 1 fully saturated rings. The van der Waals surface area contributed by atoms with Crippen LogP contribution in [-0.4, -0.2) is 39.0 Å². The molecule has 0 aromatic rings. The molecule has 1 N–H and O–H groups in total. The Morgan fingerprint density at radius 1 is 1.29 bits per heavy atom. The van der Waals surface area contributed by atoms with Crippen molar-refractivity contribution in [1.29, 1.82) is 0 Å². The largest absolute Gasteiger partial charge is 0.482 e. The highest BCUT2D eigenvalue weighted by Crippen LogP contribution is 1.81. The van der Waals surface area contributed by atoms with Gasteiger partial charge in [0.2, 0.25) is 0 Å². The van der Waals surface area contributed by atoms with Crippen LogP contribution in [0.3, 0.4) is 0 Å². The summed E-state index contributed by atoms with van der Waals surface area (Å²) >= 11 is 0. The minimum absolute atomic E-state index is 0.516. The monoisotopic (exact) mass is 99.1 g/mol. The minimum atomic E-state index is 0.516. The Morgan fingerprint density at radius 2 is 1.86 bits per heavy atom. The first kappa shape index (κ1) is 5.13. The van der Waals surface area contributed by atoms with Crippen LogP contribution in [0.15, 0.2) is 0 Å².